The van der Waals surface area contributed by atoms with Crippen molar-refractivity contribution in [1.29, 1.82) is 0 Å². The molecular weight excluding hydrogens is 427 g/mol. The van der Waals surface area contributed by atoms with E-state index < -0.39 is 0 Å². The van der Waals surface area contributed by atoms with Gasteiger partial charge in [0.25, 0.3) is 5.91 Å². The molecule has 2 aromatic rings. The number of para-hydroxylation sites is 1. The van der Waals surface area contributed by atoms with Crippen molar-refractivity contribution in [2.24, 2.45) is 0 Å². The van der Waals surface area contributed by atoms with Gasteiger partial charge in [0.15, 0.2) is 0 Å². The molecule has 4 rings (SSSR count). The molecule has 0 spiro atoms. The molecular formula is C23H31FN6O3. The Kier molecular flexibility index (Phi) is 7.90. The summed E-state index contributed by atoms with van der Waals surface area (Å²) in [6, 6.07) is 6.79. The van der Waals surface area contributed by atoms with E-state index in [1.54, 1.807) is 12.1 Å². The van der Waals surface area contributed by atoms with Crippen LogP contribution >= 0.6 is 0 Å². The Morgan fingerprint density at radius 3 is 2.58 bits per heavy atom. The predicted octanol–water partition coefficient (Wildman–Crippen LogP) is 1.40. The maximum atomic E-state index is 14.1. The van der Waals surface area contributed by atoms with Crippen LogP contribution in [0.1, 0.15) is 16.8 Å². The van der Waals surface area contributed by atoms with Crippen LogP contribution in [0.25, 0.3) is 0 Å². The van der Waals surface area contributed by atoms with Crippen molar-refractivity contribution >= 4 is 17.5 Å². The number of nitrogens with zero attached hydrogens (tertiary/aromatic N) is 5. The standard InChI is InChI=1S/C23H31FN6O3/c1-32-22-18(21(31)25-7-4-8-28-13-15-33-16-14-28)17-26-23(27-22)30-11-9-29(10-12-30)20-6-3-2-5-19(20)24/h2-3,5-6,17H,4,7-16H2,1H3,(H,25,31). The highest BCUT2D eigenvalue weighted by Crippen LogP contribution is 2.23. The van der Waals surface area contributed by atoms with Gasteiger partial charge in [-0.3, -0.25) is 9.69 Å². The fourth-order valence-electron chi connectivity index (χ4n) is 4.10. The topological polar surface area (TPSA) is 83.1 Å². The number of anilines is 2. The van der Waals surface area contributed by atoms with E-state index in [2.05, 4.69) is 20.2 Å². The van der Waals surface area contributed by atoms with E-state index in [0.29, 0.717) is 49.9 Å². The summed E-state index contributed by atoms with van der Waals surface area (Å²) in [5.41, 5.74) is 0.925. The predicted molar refractivity (Wildman–Crippen MR) is 124 cm³/mol. The zero-order valence-electron chi connectivity index (χ0n) is 19.0. The number of nitrogens with one attached hydrogen (secondary N) is 1. The second kappa shape index (κ2) is 11.2. The number of rotatable bonds is 8. The van der Waals surface area contributed by atoms with Crippen molar-refractivity contribution in [2.45, 2.75) is 6.42 Å². The second-order valence-corrected chi connectivity index (χ2v) is 8.08. The van der Waals surface area contributed by atoms with Gasteiger partial charge < -0.3 is 24.6 Å². The molecule has 0 aliphatic carbocycles. The van der Waals surface area contributed by atoms with Crippen molar-refractivity contribution in [3.63, 3.8) is 0 Å². The van der Waals surface area contributed by atoms with Gasteiger partial charge in [0, 0.05) is 52.0 Å². The molecule has 33 heavy (non-hydrogen) atoms. The Labute approximate surface area is 193 Å². The summed E-state index contributed by atoms with van der Waals surface area (Å²) in [5.74, 6) is 0.292. The van der Waals surface area contributed by atoms with Crippen LogP contribution in [0.3, 0.4) is 0 Å². The van der Waals surface area contributed by atoms with Crippen molar-refractivity contribution in [1.82, 2.24) is 20.2 Å². The average Bonchev–Trinajstić information content (AvgIpc) is 2.87. The summed E-state index contributed by atoms with van der Waals surface area (Å²) in [5, 5.41) is 2.93. The van der Waals surface area contributed by atoms with E-state index in [-0.39, 0.29) is 17.6 Å². The molecule has 0 saturated carbocycles. The Bertz CT molecular complexity index is 932. The summed E-state index contributed by atoms with van der Waals surface area (Å²) < 4.78 is 24.8. The highest BCUT2D eigenvalue weighted by atomic mass is 19.1. The monoisotopic (exact) mass is 458 g/mol. The number of hydrogen-bond acceptors (Lipinski definition) is 8. The Balaban J connectivity index is 1.30. The van der Waals surface area contributed by atoms with Crippen LogP contribution in [0.2, 0.25) is 0 Å². The van der Waals surface area contributed by atoms with Crippen molar-refractivity contribution in [3.05, 3.63) is 41.8 Å². The SMILES string of the molecule is COc1nc(N2CCN(c3ccccc3F)CC2)ncc1C(=O)NCCCN1CCOCC1. The van der Waals surface area contributed by atoms with Crippen molar-refractivity contribution < 1.29 is 18.7 Å². The molecule has 3 heterocycles. The summed E-state index contributed by atoms with van der Waals surface area (Å²) in [7, 11) is 1.50. The van der Waals surface area contributed by atoms with Crippen LogP contribution in [-0.4, -0.2) is 93.5 Å². The van der Waals surface area contributed by atoms with Gasteiger partial charge in [-0.05, 0) is 25.1 Å². The minimum atomic E-state index is -0.246. The number of halogens is 1. The first-order chi connectivity index (χ1) is 16.2. The van der Waals surface area contributed by atoms with E-state index in [9.17, 15) is 9.18 Å². The molecule has 2 aliphatic heterocycles. The van der Waals surface area contributed by atoms with Gasteiger partial charge in [-0.2, -0.15) is 4.98 Å². The third kappa shape index (κ3) is 5.88. The lowest BCUT2D eigenvalue weighted by Gasteiger charge is -2.36. The molecule has 178 valence electrons. The molecule has 0 atom stereocenters. The lowest BCUT2D eigenvalue weighted by molar-refractivity contribution is 0.0374. The Morgan fingerprint density at radius 1 is 1.12 bits per heavy atom. The Hall–Kier alpha value is -2.98. The lowest BCUT2D eigenvalue weighted by atomic mass is 10.2. The van der Waals surface area contributed by atoms with E-state index in [1.807, 2.05) is 15.9 Å². The molecule has 2 aliphatic rings. The molecule has 9 nitrogen and oxygen atoms in total. The number of carbonyl (C=O) groups excluding carboxylic acids is 1. The normalized spacial score (nSPS) is 17.2. The van der Waals surface area contributed by atoms with Crippen molar-refractivity contribution in [2.75, 3.05) is 82.5 Å². The number of benzene rings is 1. The first-order valence-corrected chi connectivity index (χ1v) is 11.4. The number of piperazine rings is 1. The van der Waals surface area contributed by atoms with Gasteiger partial charge in [-0.1, -0.05) is 12.1 Å². The first-order valence-electron chi connectivity index (χ1n) is 11.4. The van der Waals surface area contributed by atoms with Crippen LogP contribution < -0.4 is 19.9 Å². The number of aromatic nitrogens is 2. The van der Waals surface area contributed by atoms with E-state index in [1.165, 1.54) is 19.4 Å². The number of ether oxygens (including phenoxy) is 2. The zero-order valence-corrected chi connectivity index (χ0v) is 19.0. The number of hydrogen-bond donors (Lipinski definition) is 1. The van der Waals surface area contributed by atoms with Gasteiger partial charge >= 0.3 is 0 Å². The molecule has 2 saturated heterocycles. The Morgan fingerprint density at radius 2 is 1.85 bits per heavy atom. The number of amides is 1. The highest BCUT2D eigenvalue weighted by molar-refractivity contribution is 5.96. The van der Waals surface area contributed by atoms with Gasteiger partial charge in [0.05, 0.1) is 26.0 Å². The lowest BCUT2D eigenvalue weighted by Crippen LogP contribution is -2.47. The largest absolute Gasteiger partial charge is 0.480 e. The minimum absolute atomic E-state index is 0.218. The molecule has 1 aromatic heterocycles. The number of morpholine rings is 1. The average molecular weight is 459 g/mol. The third-order valence-electron chi connectivity index (χ3n) is 5.98. The first kappa shape index (κ1) is 23.2. The van der Waals surface area contributed by atoms with Gasteiger partial charge in [0.1, 0.15) is 11.4 Å². The van der Waals surface area contributed by atoms with E-state index in [0.717, 1.165) is 39.3 Å². The highest BCUT2D eigenvalue weighted by Gasteiger charge is 2.23. The van der Waals surface area contributed by atoms with E-state index >= 15 is 0 Å². The summed E-state index contributed by atoms with van der Waals surface area (Å²) >= 11 is 0. The fourth-order valence-corrected chi connectivity index (χ4v) is 4.10. The zero-order chi connectivity index (χ0) is 23.0. The third-order valence-corrected chi connectivity index (χ3v) is 5.98. The molecule has 0 radical (unpaired) electrons. The molecule has 1 aromatic carbocycles. The molecule has 10 heteroatoms. The van der Waals surface area contributed by atoms with Gasteiger partial charge in [0.2, 0.25) is 11.8 Å². The quantitative estimate of drug-likeness (QED) is 0.595. The maximum absolute atomic E-state index is 14.1. The minimum Gasteiger partial charge on any atom is -0.480 e. The summed E-state index contributed by atoms with van der Waals surface area (Å²) in [6.07, 6.45) is 2.38. The molecule has 2 fully saturated rings. The van der Waals surface area contributed by atoms with E-state index in [4.69, 9.17) is 9.47 Å². The molecule has 1 amide bonds. The molecule has 0 unspecified atom stereocenters. The maximum Gasteiger partial charge on any atom is 0.258 e. The van der Waals surface area contributed by atoms with Gasteiger partial charge in [-0.15, -0.1) is 0 Å². The molecule has 1 N–H and O–H groups in total. The second-order valence-electron chi connectivity index (χ2n) is 8.08. The molecule has 0 bridgehead atoms. The number of methoxy groups -OCH3 is 1. The summed E-state index contributed by atoms with van der Waals surface area (Å²) in [4.78, 5) is 27.9. The summed E-state index contributed by atoms with van der Waals surface area (Å²) in [6.45, 7) is 7.49. The van der Waals surface area contributed by atoms with Crippen LogP contribution in [0.5, 0.6) is 5.88 Å². The number of carbonyl (C=O) groups is 1. The van der Waals surface area contributed by atoms with Crippen LogP contribution in [-0.2, 0) is 4.74 Å². The van der Waals surface area contributed by atoms with Crippen LogP contribution in [0, 0.1) is 5.82 Å². The smallest absolute Gasteiger partial charge is 0.258 e. The van der Waals surface area contributed by atoms with Crippen molar-refractivity contribution in [3.8, 4) is 5.88 Å². The fraction of sp³-hybridized carbons (Fsp3) is 0.522. The van der Waals surface area contributed by atoms with Gasteiger partial charge in [-0.25, -0.2) is 9.37 Å². The van der Waals surface area contributed by atoms with Crippen LogP contribution in [0.15, 0.2) is 30.5 Å². The van der Waals surface area contributed by atoms with Crippen LogP contribution in [0.4, 0.5) is 16.0 Å².